The number of nitrogens with zero attached hydrogens (tertiary/aromatic N) is 4. The van der Waals surface area contributed by atoms with Gasteiger partial charge in [0.2, 0.25) is 0 Å². The van der Waals surface area contributed by atoms with Crippen LogP contribution < -0.4 is 5.56 Å². The number of methoxy groups -OCH3 is 1. The first kappa shape index (κ1) is 17.4. The molecular formula is C19H21N5O3. The third-order valence-electron chi connectivity index (χ3n) is 4.83. The van der Waals surface area contributed by atoms with Crippen molar-refractivity contribution in [2.45, 2.75) is 25.4 Å². The van der Waals surface area contributed by atoms with E-state index >= 15 is 0 Å². The molecule has 1 amide bonds. The first-order valence-corrected chi connectivity index (χ1v) is 9.00. The highest BCUT2D eigenvalue weighted by molar-refractivity contribution is 5.92. The molecule has 0 radical (unpaired) electrons. The number of fused-ring (bicyclic) bond motifs is 1. The number of hydrogen-bond donors (Lipinski definition) is 1. The van der Waals surface area contributed by atoms with Crippen molar-refractivity contribution >= 4 is 16.9 Å². The maximum atomic E-state index is 13.1. The molecule has 4 rings (SSSR count). The van der Waals surface area contributed by atoms with Crippen molar-refractivity contribution in [2.75, 3.05) is 20.3 Å². The Morgan fingerprint density at radius 2 is 2.15 bits per heavy atom. The molecule has 0 bridgehead atoms. The van der Waals surface area contributed by atoms with Gasteiger partial charge in [0.15, 0.2) is 0 Å². The molecule has 140 valence electrons. The zero-order valence-corrected chi connectivity index (χ0v) is 15.1. The number of carbonyl (C=O) groups is 1. The number of nitrogens with one attached hydrogen (secondary N) is 1. The van der Waals surface area contributed by atoms with Crippen LogP contribution in [-0.2, 0) is 11.3 Å². The third kappa shape index (κ3) is 3.35. The number of aromatic nitrogens is 4. The van der Waals surface area contributed by atoms with E-state index in [1.54, 1.807) is 12.0 Å². The van der Waals surface area contributed by atoms with Crippen LogP contribution in [0.25, 0.3) is 11.0 Å². The van der Waals surface area contributed by atoms with Crippen molar-refractivity contribution in [3.8, 4) is 0 Å². The highest BCUT2D eigenvalue weighted by Crippen LogP contribution is 2.32. The number of H-pyrrole nitrogens is 1. The molecule has 1 aliphatic rings. The van der Waals surface area contributed by atoms with Crippen LogP contribution in [0, 0.1) is 0 Å². The fraction of sp³-hybridized carbons (Fsp3) is 0.368. The second-order valence-corrected chi connectivity index (χ2v) is 6.57. The summed E-state index contributed by atoms with van der Waals surface area (Å²) in [7, 11) is 1.56. The normalized spacial score (nSPS) is 16.9. The van der Waals surface area contributed by atoms with E-state index in [1.807, 2.05) is 24.3 Å². The van der Waals surface area contributed by atoms with Crippen LogP contribution in [0.15, 0.2) is 41.2 Å². The topological polar surface area (TPSA) is 93.1 Å². The summed E-state index contributed by atoms with van der Waals surface area (Å²) in [6.07, 6.45) is 1.74. The molecule has 3 aromatic rings. The van der Waals surface area contributed by atoms with E-state index in [0.717, 1.165) is 29.7 Å². The second-order valence-electron chi connectivity index (χ2n) is 6.57. The molecule has 1 unspecified atom stereocenters. The Kier molecular flexibility index (Phi) is 4.72. The summed E-state index contributed by atoms with van der Waals surface area (Å²) in [5.41, 5.74) is 1.85. The maximum Gasteiger partial charge on any atom is 0.274 e. The number of ether oxygens (including phenoxy) is 1. The Hall–Kier alpha value is -3.00. The van der Waals surface area contributed by atoms with Crippen molar-refractivity contribution in [3.05, 3.63) is 58.3 Å². The average Bonchev–Trinajstić information content (AvgIpc) is 3.33. The summed E-state index contributed by atoms with van der Waals surface area (Å²) in [6.45, 7) is 1.30. The van der Waals surface area contributed by atoms with Crippen LogP contribution in [0.2, 0.25) is 0 Å². The molecule has 1 atom stereocenters. The predicted octanol–water partition coefficient (Wildman–Crippen LogP) is 1.74. The van der Waals surface area contributed by atoms with Crippen LogP contribution in [-0.4, -0.2) is 50.8 Å². The Labute approximate surface area is 155 Å². The van der Waals surface area contributed by atoms with E-state index < -0.39 is 0 Å². The van der Waals surface area contributed by atoms with Gasteiger partial charge < -0.3 is 14.6 Å². The van der Waals surface area contributed by atoms with Crippen molar-refractivity contribution in [3.63, 3.8) is 0 Å². The van der Waals surface area contributed by atoms with Gasteiger partial charge in [0.1, 0.15) is 11.5 Å². The van der Waals surface area contributed by atoms with Gasteiger partial charge in [-0.15, -0.1) is 0 Å². The van der Waals surface area contributed by atoms with Crippen LogP contribution >= 0.6 is 0 Å². The monoisotopic (exact) mass is 367 g/mol. The molecule has 8 nitrogen and oxygen atoms in total. The van der Waals surface area contributed by atoms with Crippen molar-refractivity contribution in [1.82, 2.24) is 24.6 Å². The number of carbonyl (C=O) groups excluding carboxylic acids is 1. The van der Waals surface area contributed by atoms with E-state index in [2.05, 4.69) is 15.1 Å². The minimum Gasteiger partial charge on any atom is -0.383 e. The lowest BCUT2D eigenvalue weighted by atomic mass is 10.2. The molecule has 3 heterocycles. The molecule has 27 heavy (non-hydrogen) atoms. The van der Waals surface area contributed by atoms with Gasteiger partial charge in [0.05, 0.1) is 30.2 Å². The summed E-state index contributed by atoms with van der Waals surface area (Å²) in [5.74, 6) is 0.596. The van der Waals surface area contributed by atoms with Gasteiger partial charge in [-0.3, -0.25) is 9.59 Å². The Balaban J connectivity index is 1.61. The molecule has 0 spiro atoms. The first-order valence-electron chi connectivity index (χ1n) is 9.00. The molecule has 8 heteroatoms. The molecule has 1 N–H and O–H groups in total. The van der Waals surface area contributed by atoms with E-state index in [1.165, 1.54) is 16.8 Å². The number of para-hydroxylation sites is 2. The number of hydrogen-bond acceptors (Lipinski definition) is 5. The Bertz CT molecular complexity index is 992. The smallest absolute Gasteiger partial charge is 0.274 e. The number of amides is 1. The second kappa shape index (κ2) is 7.32. The predicted molar refractivity (Wildman–Crippen MR) is 99.5 cm³/mol. The minimum atomic E-state index is -0.251. The highest BCUT2D eigenvalue weighted by Gasteiger charge is 2.33. The van der Waals surface area contributed by atoms with Crippen molar-refractivity contribution in [2.24, 2.45) is 0 Å². The van der Waals surface area contributed by atoms with Gasteiger partial charge >= 0.3 is 0 Å². The number of imidazole rings is 1. The molecule has 2 aromatic heterocycles. The highest BCUT2D eigenvalue weighted by atomic mass is 16.5. The molecule has 1 aromatic carbocycles. The van der Waals surface area contributed by atoms with Crippen LogP contribution in [0.1, 0.15) is 35.2 Å². The lowest BCUT2D eigenvalue weighted by Gasteiger charge is -2.23. The van der Waals surface area contributed by atoms with Gasteiger partial charge in [0.25, 0.3) is 11.5 Å². The third-order valence-corrected chi connectivity index (χ3v) is 4.83. The minimum absolute atomic E-state index is 0.119. The first-order chi connectivity index (χ1) is 13.2. The number of rotatable bonds is 5. The van der Waals surface area contributed by atoms with Gasteiger partial charge in [-0.2, -0.15) is 5.10 Å². The van der Waals surface area contributed by atoms with E-state index in [4.69, 9.17) is 4.74 Å². The van der Waals surface area contributed by atoms with Crippen LogP contribution in [0.5, 0.6) is 0 Å². The van der Waals surface area contributed by atoms with Gasteiger partial charge in [-0.1, -0.05) is 12.1 Å². The van der Waals surface area contributed by atoms with Gasteiger partial charge in [0, 0.05) is 19.7 Å². The maximum absolute atomic E-state index is 13.1. The zero-order valence-electron chi connectivity index (χ0n) is 15.1. The molecule has 0 saturated carbocycles. The summed E-state index contributed by atoms with van der Waals surface area (Å²) >= 11 is 0. The standard InChI is InChI=1S/C19H21N5O3/c1-27-12-11-24-17(25)9-8-15(22-24)19(26)23-10-4-7-16(23)18-20-13-5-2-3-6-14(13)21-18/h2-3,5-6,8-9,16H,4,7,10-12H2,1H3,(H,20,21). The molecular weight excluding hydrogens is 346 g/mol. The number of benzene rings is 1. The largest absolute Gasteiger partial charge is 0.383 e. The van der Waals surface area contributed by atoms with Crippen molar-refractivity contribution < 1.29 is 9.53 Å². The quantitative estimate of drug-likeness (QED) is 0.741. The van der Waals surface area contributed by atoms with E-state index in [9.17, 15) is 9.59 Å². The molecule has 1 fully saturated rings. The summed E-state index contributed by atoms with van der Waals surface area (Å²) in [4.78, 5) is 34.7. The molecule has 1 saturated heterocycles. The van der Waals surface area contributed by atoms with Crippen molar-refractivity contribution in [1.29, 1.82) is 0 Å². The molecule has 1 aliphatic heterocycles. The Morgan fingerprint density at radius 1 is 1.30 bits per heavy atom. The van der Waals surface area contributed by atoms with Gasteiger partial charge in [-0.05, 0) is 31.0 Å². The lowest BCUT2D eigenvalue weighted by molar-refractivity contribution is 0.0720. The number of aromatic amines is 1. The fourth-order valence-electron chi connectivity index (χ4n) is 3.47. The van der Waals surface area contributed by atoms with Gasteiger partial charge in [-0.25, -0.2) is 9.67 Å². The zero-order chi connectivity index (χ0) is 18.8. The summed E-state index contributed by atoms with van der Waals surface area (Å²) in [5, 5.41) is 4.23. The Morgan fingerprint density at radius 3 is 2.96 bits per heavy atom. The fourth-order valence-corrected chi connectivity index (χ4v) is 3.47. The summed E-state index contributed by atoms with van der Waals surface area (Å²) < 4.78 is 6.26. The van der Waals surface area contributed by atoms with Crippen LogP contribution in [0.4, 0.5) is 0 Å². The van der Waals surface area contributed by atoms with E-state index in [-0.39, 0.29) is 23.2 Å². The van der Waals surface area contributed by atoms with Crippen LogP contribution in [0.3, 0.4) is 0 Å². The number of likely N-dealkylation sites (tertiary alicyclic amines) is 1. The summed E-state index contributed by atoms with van der Waals surface area (Å²) in [6, 6.07) is 10.6. The molecule has 0 aliphatic carbocycles. The SMILES string of the molecule is COCCn1nc(C(=O)N2CCCC2c2nc3ccccc3[nH]2)ccc1=O. The average molecular weight is 367 g/mol. The lowest BCUT2D eigenvalue weighted by Crippen LogP contribution is -2.34. The van der Waals surface area contributed by atoms with E-state index in [0.29, 0.717) is 19.7 Å².